The predicted molar refractivity (Wildman–Crippen MR) is 54.0 cm³/mol. The molecule has 16 heavy (non-hydrogen) atoms. The van der Waals surface area contributed by atoms with Crippen molar-refractivity contribution < 1.29 is 19.5 Å². The lowest BCUT2D eigenvalue weighted by molar-refractivity contribution is 0.0691. The summed E-state index contributed by atoms with van der Waals surface area (Å²) in [6.07, 6.45) is -0.0878. The van der Waals surface area contributed by atoms with Gasteiger partial charge in [-0.1, -0.05) is 35.5 Å². The zero-order valence-corrected chi connectivity index (χ0v) is 8.20. The zero-order chi connectivity index (χ0) is 11.5. The fourth-order valence-electron chi connectivity index (χ4n) is 1.40. The maximum Gasteiger partial charge on any atom is 0.341 e. The van der Waals surface area contributed by atoms with E-state index in [0.29, 0.717) is 5.56 Å². The monoisotopic (exact) mass is 219 g/mol. The first-order valence-electron chi connectivity index (χ1n) is 4.60. The number of hydrogen-bond acceptors (Lipinski definition) is 4. The predicted octanol–water partition coefficient (Wildman–Crippen LogP) is 1.45. The molecule has 2 aromatic rings. The molecule has 0 spiro atoms. The van der Waals surface area contributed by atoms with Crippen molar-refractivity contribution in [1.29, 1.82) is 0 Å². The Bertz CT molecular complexity index is 492. The Labute approximate surface area is 90.9 Å². The average molecular weight is 219 g/mol. The Morgan fingerprint density at radius 3 is 2.62 bits per heavy atom. The third-order valence-corrected chi connectivity index (χ3v) is 2.20. The van der Waals surface area contributed by atoms with E-state index in [9.17, 15) is 9.90 Å². The number of rotatable bonds is 3. The summed E-state index contributed by atoms with van der Waals surface area (Å²) < 4.78 is 4.56. The van der Waals surface area contributed by atoms with Crippen LogP contribution in [0.1, 0.15) is 27.7 Å². The zero-order valence-electron chi connectivity index (χ0n) is 8.20. The molecular weight excluding hydrogens is 210 g/mol. The largest absolute Gasteiger partial charge is 0.478 e. The van der Waals surface area contributed by atoms with E-state index in [1.54, 1.807) is 30.3 Å². The molecule has 0 saturated heterocycles. The summed E-state index contributed by atoms with van der Waals surface area (Å²) in [5.74, 6) is -1.17. The lowest BCUT2D eigenvalue weighted by Gasteiger charge is -2.07. The van der Waals surface area contributed by atoms with Gasteiger partial charge in [0.1, 0.15) is 23.6 Å². The van der Waals surface area contributed by atoms with Crippen LogP contribution in [0.15, 0.2) is 41.1 Å². The SMILES string of the molecule is O=C(O)c1conc1[C@@H](O)c1ccccc1. The summed E-state index contributed by atoms with van der Waals surface area (Å²) >= 11 is 0. The number of carboxylic acid groups (broad SMARTS) is 1. The van der Waals surface area contributed by atoms with Crippen molar-refractivity contribution in [2.45, 2.75) is 6.10 Å². The van der Waals surface area contributed by atoms with Gasteiger partial charge in [0, 0.05) is 0 Å². The van der Waals surface area contributed by atoms with Crippen molar-refractivity contribution in [1.82, 2.24) is 5.16 Å². The number of aliphatic hydroxyl groups is 1. The Balaban J connectivity index is 2.38. The molecule has 5 heteroatoms. The molecule has 0 unspecified atom stereocenters. The lowest BCUT2D eigenvalue weighted by atomic mass is 10.0. The number of carboxylic acids is 1. The van der Waals surface area contributed by atoms with Crippen LogP contribution in [-0.2, 0) is 0 Å². The van der Waals surface area contributed by atoms with Crippen LogP contribution >= 0.6 is 0 Å². The molecule has 1 aromatic heterocycles. The van der Waals surface area contributed by atoms with Crippen LogP contribution in [0.4, 0.5) is 0 Å². The van der Waals surface area contributed by atoms with Gasteiger partial charge in [-0.3, -0.25) is 0 Å². The molecule has 0 bridgehead atoms. The molecule has 0 saturated carbocycles. The van der Waals surface area contributed by atoms with Crippen LogP contribution in [0.2, 0.25) is 0 Å². The van der Waals surface area contributed by atoms with E-state index in [-0.39, 0.29) is 11.3 Å². The molecule has 0 aliphatic rings. The Kier molecular flexibility index (Phi) is 2.70. The highest BCUT2D eigenvalue weighted by Gasteiger charge is 2.22. The molecule has 2 rings (SSSR count). The molecule has 5 nitrogen and oxygen atoms in total. The van der Waals surface area contributed by atoms with Crippen molar-refractivity contribution in [3.8, 4) is 0 Å². The summed E-state index contributed by atoms with van der Waals surface area (Å²) in [5, 5.41) is 22.3. The third kappa shape index (κ3) is 1.80. The standard InChI is InChI=1S/C11H9NO4/c13-10(7-4-2-1-3-5-7)9-8(11(14)15)6-16-12-9/h1-6,10,13H,(H,14,15)/t10-/m0/s1. The number of benzene rings is 1. The van der Waals surface area contributed by atoms with Gasteiger partial charge in [-0.15, -0.1) is 0 Å². The summed E-state index contributed by atoms with van der Waals surface area (Å²) in [4.78, 5) is 10.8. The molecule has 1 heterocycles. The first-order valence-corrected chi connectivity index (χ1v) is 4.60. The van der Waals surface area contributed by atoms with E-state index in [1.165, 1.54) is 0 Å². The van der Waals surface area contributed by atoms with Gasteiger partial charge in [0.25, 0.3) is 0 Å². The second kappa shape index (κ2) is 4.16. The molecular formula is C11H9NO4. The van der Waals surface area contributed by atoms with Gasteiger partial charge in [-0.05, 0) is 5.56 Å². The van der Waals surface area contributed by atoms with E-state index in [1.807, 2.05) is 0 Å². The molecule has 1 aromatic carbocycles. The minimum atomic E-state index is -1.17. The van der Waals surface area contributed by atoms with Gasteiger partial charge < -0.3 is 14.7 Å². The number of aromatic nitrogens is 1. The number of hydrogen-bond donors (Lipinski definition) is 2. The fourth-order valence-corrected chi connectivity index (χ4v) is 1.40. The van der Waals surface area contributed by atoms with E-state index < -0.39 is 12.1 Å². The normalized spacial score (nSPS) is 12.3. The van der Waals surface area contributed by atoms with E-state index >= 15 is 0 Å². The van der Waals surface area contributed by atoms with E-state index in [4.69, 9.17) is 5.11 Å². The number of aromatic carboxylic acids is 1. The van der Waals surface area contributed by atoms with Crippen LogP contribution in [0.25, 0.3) is 0 Å². The molecule has 0 radical (unpaired) electrons. The highest BCUT2D eigenvalue weighted by Crippen LogP contribution is 2.23. The van der Waals surface area contributed by atoms with Crippen LogP contribution in [0, 0.1) is 0 Å². The van der Waals surface area contributed by atoms with Crippen LogP contribution in [0.5, 0.6) is 0 Å². The fraction of sp³-hybridized carbons (Fsp3) is 0.0909. The van der Waals surface area contributed by atoms with Crippen molar-refractivity contribution >= 4 is 5.97 Å². The maximum absolute atomic E-state index is 10.8. The summed E-state index contributed by atoms with van der Waals surface area (Å²) in [5.41, 5.74) is 0.453. The molecule has 1 atom stereocenters. The highest BCUT2D eigenvalue weighted by molar-refractivity contribution is 5.88. The minimum Gasteiger partial charge on any atom is -0.478 e. The highest BCUT2D eigenvalue weighted by atomic mass is 16.5. The van der Waals surface area contributed by atoms with E-state index in [2.05, 4.69) is 9.68 Å². The van der Waals surface area contributed by atoms with Crippen molar-refractivity contribution in [2.24, 2.45) is 0 Å². The topological polar surface area (TPSA) is 83.6 Å². The summed E-state index contributed by atoms with van der Waals surface area (Å²) in [7, 11) is 0. The molecule has 0 amide bonds. The van der Waals surface area contributed by atoms with Crippen molar-refractivity contribution in [3.05, 3.63) is 53.4 Å². The van der Waals surface area contributed by atoms with Gasteiger partial charge in [0.2, 0.25) is 0 Å². The molecule has 0 aliphatic carbocycles. The van der Waals surface area contributed by atoms with Crippen LogP contribution in [-0.4, -0.2) is 21.3 Å². The second-order valence-corrected chi connectivity index (χ2v) is 3.23. The first kappa shape index (κ1) is 10.4. The van der Waals surface area contributed by atoms with Gasteiger partial charge in [-0.2, -0.15) is 0 Å². The molecule has 0 fully saturated rings. The Morgan fingerprint density at radius 1 is 1.31 bits per heavy atom. The summed E-state index contributed by atoms with van der Waals surface area (Å²) in [6.45, 7) is 0. The Morgan fingerprint density at radius 2 is 2.00 bits per heavy atom. The maximum atomic E-state index is 10.8. The van der Waals surface area contributed by atoms with Crippen LogP contribution < -0.4 is 0 Å². The van der Waals surface area contributed by atoms with Gasteiger partial charge in [-0.25, -0.2) is 4.79 Å². The molecule has 82 valence electrons. The summed E-state index contributed by atoms with van der Waals surface area (Å²) in [6, 6.07) is 8.67. The first-order chi connectivity index (χ1) is 7.70. The van der Waals surface area contributed by atoms with Crippen molar-refractivity contribution in [2.75, 3.05) is 0 Å². The average Bonchev–Trinajstić information content (AvgIpc) is 2.78. The minimum absolute atomic E-state index is 0.0127. The molecule has 0 aliphatic heterocycles. The second-order valence-electron chi connectivity index (χ2n) is 3.23. The number of nitrogens with zero attached hydrogens (tertiary/aromatic N) is 1. The molecule has 2 N–H and O–H groups in total. The third-order valence-electron chi connectivity index (χ3n) is 2.20. The number of carbonyl (C=O) groups is 1. The quantitative estimate of drug-likeness (QED) is 0.816. The Hall–Kier alpha value is -2.14. The van der Waals surface area contributed by atoms with Crippen LogP contribution in [0.3, 0.4) is 0 Å². The van der Waals surface area contributed by atoms with E-state index in [0.717, 1.165) is 6.26 Å². The smallest absolute Gasteiger partial charge is 0.341 e. The van der Waals surface area contributed by atoms with Crippen molar-refractivity contribution in [3.63, 3.8) is 0 Å². The van der Waals surface area contributed by atoms with Gasteiger partial charge in [0.15, 0.2) is 0 Å². The lowest BCUT2D eigenvalue weighted by Crippen LogP contribution is -2.06. The van der Waals surface area contributed by atoms with Gasteiger partial charge in [0.05, 0.1) is 0 Å². The number of aliphatic hydroxyl groups excluding tert-OH is 1. The van der Waals surface area contributed by atoms with Gasteiger partial charge >= 0.3 is 5.97 Å².